The Labute approximate surface area is 88.0 Å². The number of phosphoric acid groups is 2. The van der Waals surface area contributed by atoms with Crippen LogP contribution >= 0.6 is 15.6 Å². The van der Waals surface area contributed by atoms with Gasteiger partial charge in [0.25, 0.3) is 7.82 Å². The summed E-state index contributed by atoms with van der Waals surface area (Å²) in [5.41, 5.74) is 0. The van der Waals surface area contributed by atoms with Gasteiger partial charge in [0.1, 0.15) is 0 Å². The van der Waals surface area contributed by atoms with Crippen molar-refractivity contribution in [2.45, 2.75) is 0 Å². The molecular formula is HAgCuO7P2. The molecule has 0 aromatic heterocycles. The quantitative estimate of drug-likeness (QED) is 0.424. The Hall–Kier alpha value is 1.52. The van der Waals surface area contributed by atoms with Gasteiger partial charge in [-0.25, -0.2) is 0 Å². The molecule has 0 heterocycles. The van der Waals surface area contributed by atoms with Crippen LogP contribution in [-0.2, 0) is 52.9 Å². The second-order valence-corrected chi connectivity index (χ2v) is 3.48. The number of rotatable bonds is 2. The van der Waals surface area contributed by atoms with E-state index in [-0.39, 0.29) is 39.4 Å². The van der Waals surface area contributed by atoms with E-state index in [0.29, 0.717) is 0 Å². The molecule has 0 fully saturated rings. The Balaban J connectivity index is -0.000000320. The first-order chi connectivity index (χ1) is 3.71. The maximum Gasteiger partial charge on any atom is 2.00 e. The first-order valence-corrected chi connectivity index (χ1v) is 4.43. The molecule has 0 saturated carbocycles. The summed E-state index contributed by atoms with van der Waals surface area (Å²) < 4.78 is 21.4. The van der Waals surface area contributed by atoms with Crippen molar-refractivity contribution >= 4 is 15.6 Å². The average Bonchev–Trinajstić information content (AvgIpc) is 1.14. The van der Waals surface area contributed by atoms with Crippen molar-refractivity contribution in [1.29, 1.82) is 0 Å². The molecule has 0 aromatic rings. The average molecular weight is 346 g/mol. The van der Waals surface area contributed by atoms with E-state index in [4.69, 9.17) is 4.89 Å². The topological polar surface area (TPSA) is 133 Å². The Bertz CT molecular complexity index is 157. The molecule has 1 atom stereocenters. The predicted octanol–water partition coefficient (Wildman–Crippen LogP) is -2.71. The summed E-state index contributed by atoms with van der Waals surface area (Å²) >= 11 is 0. The Morgan fingerprint density at radius 1 is 1.18 bits per heavy atom. The molecule has 1 unspecified atom stereocenters. The van der Waals surface area contributed by atoms with Gasteiger partial charge >= 0.3 is 39.4 Å². The SMILES string of the molecule is O=P([O-])([O-])OP(=O)([O-])O.[Ag+].[Cu+2]. The monoisotopic (exact) mass is 345 g/mol. The van der Waals surface area contributed by atoms with E-state index in [0.717, 1.165) is 0 Å². The summed E-state index contributed by atoms with van der Waals surface area (Å²) in [5, 5.41) is 0. The van der Waals surface area contributed by atoms with Crippen LogP contribution in [0, 0.1) is 0 Å². The normalized spacial score (nSPS) is 15.6. The van der Waals surface area contributed by atoms with Crippen molar-refractivity contribution in [3.63, 3.8) is 0 Å². The van der Waals surface area contributed by atoms with Crippen molar-refractivity contribution < 1.29 is 72.5 Å². The van der Waals surface area contributed by atoms with E-state index >= 15 is 0 Å². The molecule has 0 saturated heterocycles. The van der Waals surface area contributed by atoms with Gasteiger partial charge in [-0.2, -0.15) is 0 Å². The summed E-state index contributed by atoms with van der Waals surface area (Å²) in [6.45, 7) is 0. The van der Waals surface area contributed by atoms with Crippen LogP contribution < -0.4 is 14.7 Å². The predicted molar refractivity (Wildman–Crippen MR) is 18.5 cm³/mol. The largest absolute Gasteiger partial charge is 2.00 e. The van der Waals surface area contributed by atoms with E-state index in [1.165, 1.54) is 0 Å². The van der Waals surface area contributed by atoms with E-state index in [9.17, 15) is 23.8 Å². The van der Waals surface area contributed by atoms with Crippen LogP contribution in [0.4, 0.5) is 0 Å². The Morgan fingerprint density at radius 3 is 1.45 bits per heavy atom. The summed E-state index contributed by atoms with van der Waals surface area (Å²) in [6, 6.07) is 0. The summed E-state index contributed by atoms with van der Waals surface area (Å²) in [4.78, 5) is 35.7. The standard InChI is InChI=1S/Ag.Cu.H4O7P2/c;;1-8(2,3)7-9(4,5)6/h;;(H2,1,2,3)(H2,4,5,6)/q+1;+2;/p-3. The van der Waals surface area contributed by atoms with E-state index in [2.05, 4.69) is 4.31 Å². The first-order valence-electron chi connectivity index (χ1n) is 1.48. The van der Waals surface area contributed by atoms with E-state index in [1.807, 2.05) is 0 Å². The van der Waals surface area contributed by atoms with Crippen molar-refractivity contribution in [3.8, 4) is 0 Å². The molecular weight excluding hydrogens is 345 g/mol. The van der Waals surface area contributed by atoms with Crippen molar-refractivity contribution in [3.05, 3.63) is 0 Å². The molecule has 11 heteroatoms. The minimum absolute atomic E-state index is 0. The third kappa shape index (κ3) is 18.5. The minimum atomic E-state index is -5.61. The fourth-order valence-corrected chi connectivity index (χ4v) is 1.14. The maximum absolute atomic E-state index is 9.44. The van der Waals surface area contributed by atoms with Crippen LogP contribution in [0.25, 0.3) is 0 Å². The fraction of sp³-hybridized carbons (Fsp3) is 0. The fourth-order valence-electron chi connectivity index (χ4n) is 0.126. The second-order valence-electron chi connectivity index (χ2n) is 0.997. The summed E-state index contributed by atoms with van der Waals surface area (Å²) in [5.74, 6) is 0. The van der Waals surface area contributed by atoms with Crippen molar-refractivity contribution in [2.24, 2.45) is 0 Å². The molecule has 11 heavy (non-hydrogen) atoms. The van der Waals surface area contributed by atoms with E-state index < -0.39 is 15.6 Å². The van der Waals surface area contributed by atoms with Gasteiger partial charge in [-0.3, -0.25) is 8.88 Å². The molecule has 0 aliphatic rings. The smallest absolute Gasteiger partial charge is 0.790 e. The van der Waals surface area contributed by atoms with Gasteiger partial charge in [-0.1, -0.05) is 0 Å². The molecule has 0 aliphatic carbocycles. The molecule has 75 valence electrons. The Morgan fingerprint density at radius 2 is 1.45 bits per heavy atom. The molecule has 0 spiro atoms. The van der Waals surface area contributed by atoms with Crippen LogP contribution in [-0.4, -0.2) is 4.89 Å². The van der Waals surface area contributed by atoms with Gasteiger partial charge in [0.15, 0.2) is 0 Å². The zero-order valence-electron chi connectivity index (χ0n) is 4.39. The number of hydrogen-bond donors (Lipinski definition) is 1. The van der Waals surface area contributed by atoms with Gasteiger partial charge in [-0.05, 0) is 0 Å². The Kier molecular flexibility index (Phi) is 10.1. The molecule has 0 aliphatic heterocycles. The van der Waals surface area contributed by atoms with Gasteiger partial charge < -0.3 is 24.1 Å². The molecule has 0 rings (SSSR count). The van der Waals surface area contributed by atoms with Crippen LogP contribution in [0.3, 0.4) is 0 Å². The van der Waals surface area contributed by atoms with Gasteiger partial charge in [0, 0.05) is 0 Å². The van der Waals surface area contributed by atoms with E-state index in [1.54, 1.807) is 0 Å². The van der Waals surface area contributed by atoms with Crippen LogP contribution in [0.2, 0.25) is 0 Å². The third-order valence-electron chi connectivity index (χ3n) is 0.203. The summed E-state index contributed by atoms with van der Waals surface area (Å²) in [7, 11) is -11.0. The molecule has 1 radical (unpaired) electrons. The third-order valence-corrected chi connectivity index (χ3v) is 1.83. The minimum Gasteiger partial charge on any atom is -0.790 e. The van der Waals surface area contributed by atoms with Gasteiger partial charge in [0.2, 0.25) is 0 Å². The van der Waals surface area contributed by atoms with Crippen molar-refractivity contribution in [2.75, 3.05) is 0 Å². The molecule has 0 amide bonds. The first kappa shape index (κ1) is 18.3. The molecule has 0 aromatic carbocycles. The van der Waals surface area contributed by atoms with Crippen LogP contribution in [0.15, 0.2) is 0 Å². The maximum atomic E-state index is 9.44. The van der Waals surface area contributed by atoms with Gasteiger partial charge in [-0.15, -0.1) is 0 Å². The number of hydrogen-bond acceptors (Lipinski definition) is 6. The molecule has 1 N–H and O–H groups in total. The van der Waals surface area contributed by atoms with Gasteiger partial charge in [0.05, 0.1) is 7.82 Å². The molecule has 0 bridgehead atoms. The van der Waals surface area contributed by atoms with Crippen LogP contribution in [0.5, 0.6) is 0 Å². The second kappa shape index (κ2) is 6.05. The molecule has 7 nitrogen and oxygen atoms in total. The van der Waals surface area contributed by atoms with Crippen molar-refractivity contribution in [1.82, 2.24) is 0 Å². The zero-order valence-corrected chi connectivity index (χ0v) is 8.61. The zero-order chi connectivity index (χ0) is 7.71. The summed E-state index contributed by atoms with van der Waals surface area (Å²) in [6.07, 6.45) is 0. The van der Waals surface area contributed by atoms with Crippen LogP contribution in [0.1, 0.15) is 0 Å².